The van der Waals surface area contributed by atoms with Crippen molar-refractivity contribution in [2.45, 2.75) is 19.0 Å². The Balaban J connectivity index is 2.13. The lowest BCUT2D eigenvalue weighted by Crippen LogP contribution is -2.22. The Hall–Kier alpha value is -1.74. The minimum atomic E-state index is -4.49. The summed E-state index contributed by atoms with van der Waals surface area (Å²) in [5.41, 5.74) is -0.691. The van der Waals surface area contributed by atoms with Gasteiger partial charge in [-0.15, -0.1) is 0 Å². The van der Waals surface area contributed by atoms with Crippen molar-refractivity contribution in [2.24, 2.45) is 5.92 Å². The van der Waals surface area contributed by atoms with Crippen molar-refractivity contribution < 1.29 is 22.6 Å². The normalized spacial score (nSPS) is 16.7. The van der Waals surface area contributed by atoms with E-state index in [1.165, 1.54) is 0 Å². The largest absolute Gasteiger partial charge is 0.493 e. The second-order valence-electron chi connectivity index (χ2n) is 4.69. The predicted molar refractivity (Wildman–Crippen MR) is 65.2 cm³/mol. The Morgan fingerprint density at radius 2 is 2.00 bits per heavy atom. The summed E-state index contributed by atoms with van der Waals surface area (Å²) in [7, 11) is 0. The molecule has 1 aliphatic rings. The molecule has 2 rings (SSSR count). The molecule has 3 nitrogen and oxygen atoms in total. The fraction of sp³-hybridized carbons (Fsp3) is 0.500. The summed E-state index contributed by atoms with van der Waals surface area (Å²) >= 11 is 0. The number of nitriles is 1. The zero-order chi connectivity index (χ0) is 14.6. The molecule has 1 heterocycles. The molecule has 20 heavy (non-hydrogen) atoms. The number of hydrogen-bond donors (Lipinski definition) is 0. The Labute approximate surface area is 114 Å². The summed E-state index contributed by atoms with van der Waals surface area (Å²) in [6.45, 7) is 1.43. The molecule has 0 radical (unpaired) electrons. The molecule has 108 valence electrons. The van der Waals surface area contributed by atoms with Crippen molar-refractivity contribution in [3.63, 3.8) is 0 Å². The highest BCUT2D eigenvalue weighted by atomic mass is 19.4. The van der Waals surface area contributed by atoms with Crippen LogP contribution in [-0.4, -0.2) is 19.8 Å². The second kappa shape index (κ2) is 6.14. The smallest absolute Gasteiger partial charge is 0.419 e. The van der Waals surface area contributed by atoms with Gasteiger partial charge in [0.25, 0.3) is 0 Å². The number of rotatable bonds is 3. The first-order chi connectivity index (χ1) is 9.50. The highest BCUT2D eigenvalue weighted by Crippen LogP contribution is 2.37. The topological polar surface area (TPSA) is 42.2 Å². The summed E-state index contributed by atoms with van der Waals surface area (Å²) in [5, 5.41) is 8.77. The van der Waals surface area contributed by atoms with Gasteiger partial charge in [-0.3, -0.25) is 0 Å². The molecule has 0 atom stereocenters. The van der Waals surface area contributed by atoms with E-state index >= 15 is 0 Å². The van der Waals surface area contributed by atoms with Crippen LogP contribution in [0.4, 0.5) is 13.2 Å². The summed E-state index contributed by atoms with van der Waals surface area (Å²) in [6, 6.07) is 4.99. The molecule has 0 unspecified atom stereocenters. The van der Waals surface area contributed by atoms with E-state index in [4.69, 9.17) is 14.7 Å². The van der Waals surface area contributed by atoms with Crippen molar-refractivity contribution >= 4 is 0 Å². The fourth-order valence-electron chi connectivity index (χ4n) is 2.07. The Kier molecular flexibility index (Phi) is 4.50. The van der Waals surface area contributed by atoms with E-state index in [1.54, 1.807) is 0 Å². The first-order valence-electron chi connectivity index (χ1n) is 6.32. The van der Waals surface area contributed by atoms with Gasteiger partial charge in [0, 0.05) is 13.2 Å². The van der Waals surface area contributed by atoms with Gasteiger partial charge in [0.05, 0.1) is 23.8 Å². The van der Waals surface area contributed by atoms with Crippen LogP contribution in [0, 0.1) is 17.2 Å². The number of halogens is 3. The number of ether oxygens (including phenoxy) is 2. The zero-order valence-electron chi connectivity index (χ0n) is 10.7. The van der Waals surface area contributed by atoms with Crippen LogP contribution in [0.1, 0.15) is 24.0 Å². The number of nitrogens with zero attached hydrogens (tertiary/aromatic N) is 1. The molecule has 1 fully saturated rings. The van der Waals surface area contributed by atoms with Gasteiger partial charge in [-0.05, 0) is 37.0 Å². The fourth-order valence-corrected chi connectivity index (χ4v) is 2.07. The van der Waals surface area contributed by atoms with E-state index in [1.807, 2.05) is 6.07 Å². The molecular weight excluding hydrogens is 271 g/mol. The van der Waals surface area contributed by atoms with E-state index in [0.717, 1.165) is 31.0 Å². The summed E-state index contributed by atoms with van der Waals surface area (Å²) < 4.78 is 49.1. The molecule has 1 aromatic carbocycles. The van der Waals surface area contributed by atoms with Gasteiger partial charge in [0.2, 0.25) is 0 Å². The number of hydrogen-bond acceptors (Lipinski definition) is 3. The molecule has 0 aromatic heterocycles. The van der Waals surface area contributed by atoms with Crippen molar-refractivity contribution in [3.05, 3.63) is 29.3 Å². The minimum Gasteiger partial charge on any atom is -0.493 e. The second-order valence-corrected chi connectivity index (χ2v) is 4.69. The van der Waals surface area contributed by atoms with Crippen LogP contribution in [0.2, 0.25) is 0 Å². The van der Waals surface area contributed by atoms with Crippen LogP contribution < -0.4 is 4.74 Å². The lowest BCUT2D eigenvalue weighted by Gasteiger charge is -2.23. The van der Waals surface area contributed by atoms with Crippen LogP contribution in [0.25, 0.3) is 0 Å². The van der Waals surface area contributed by atoms with Gasteiger partial charge in [-0.2, -0.15) is 18.4 Å². The van der Waals surface area contributed by atoms with Gasteiger partial charge in [0.15, 0.2) is 0 Å². The van der Waals surface area contributed by atoms with Gasteiger partial charge in [-0.1, -0.05) is 0 Å². The predicted octanol–water partition coefficient (Wildman–Crippen LogP) is 3.38. The lowest BCUT2D eigenvalue weighted by molar-refractivity contribution is -0.139. The monoisotopic (exact) mass is 285 g/mol. The van der Waals surface area contributed by atoms with Crippen molar-refractivity contribution in [1.29, 1.82) is 5.26 Å². The summed E-state index contributed by atoms with van der Waals surface area (Å²) in [4.78, 5) is 0. The molecule has 0 bridgehead atoms. The average Bonchev–Trinajstić information content (AvgIpc) is 2.45. The average molecular weight is 285 g/mol. The van der Waals surface area contributed by atoms with E-state index in [0.29, 0.717) is 13.2 Å². The van der Waals surface area contributed by atoms with Crippen LogP contribution in [-0.2, 0) is 10.9 Å². The molecule has 0 aliphatic carbocycles. The molecule has 0 spiro atoms. The van der Waals surface area contributed by atoms with Crippen LogP contribution in [0.5, 0.6) is 5.75 Å². The van der Waals surface area contributed by atoms with Crippen molar-refractivity contribution in [2.75, 3.05) is 19.8 Å². The standard InChI is InChI=1S/C14H14F3NO2/c15-14(16,17)12-2-1-11(8-18)7-13(12)20-9-10-3-5-19-6-4-10/h1-2,7,10H,3-6,9H2. The molecule has 6 heteroatoms. The van der Waals surface area contributed by atoms with Crippen molar-refractivity contribution in [1.82, 2.24) is 0 Å². The zero-order valence-corrected chi connectivity index (χ0v) is 10.7. The molecule has 0 amide bonds. The molecular formula is C14H14F3NO2. The summed E-state index contributed by atoms with van der Waals surface area (Å²) in [5.74, 6) is -0.0846. The maximum Gasteiger partial charge on any atom is 0.419 e. The quantitative estimate of drug-likeness (QED) is 0.855. The maximum atomic E-state index is 12.9. The first-order valence-corrected chi connectivity index (χ1v) is 6.32. The molecule has 0 saturated carbocycles. The molecule has 1 aromatic rings. The number of benzene rings is 1. The third-order valence-corrected chi connectivity index (χ3v) is 3.23. The Morgan fingerprint density at radius 1 is 1.30 bits per heavy atom. The third kappa shape index (κ3) is 3.64. The highest BCUT2D eigenvalue weighted by molar-refractivity contribution is 5.43. The lowest BCUT2D eigenvalue weighted by atomic mass is 10.0. The summed E-state index contributed by atoms with van der Waals surface area (Å²) in [6.07, 6.45) is -2.93. The highest BCUT2D eigenvalue weighted by Gasteiger charge is 2.34. The van der Waals surface area contributed by atoms with E-state index in [2.05, 4.69) is 0 Å². The molecule has 1 saturated heterocycles. The van der Waals surface area contributed by atoms with E-state index in [-0.39, 0.29) is 23.8 Å². The van der Waals surface area contributed by atoms with Gasteiger partial charge < -0.3 is 9.47 Å². The SMILES string of the molecule is N#Cc1ccc(C(F)(F)F)c(OCC2CCOCC2)c1. The first kappa shape index (κ1) is 14.7. The van der Waals surface area contributed by atoms with Gasteiger partial charge in [-0.25, -0.2) is 0 Å². The van der Waals surface area contributed by atoms with Gasteiger partial charge >= 0.3 is 6.18 Å². The third-order valence-electron chi connectivity index (χ3n) is 3.23. The van der Waals surface area contributed by atoms with Crippen LogP contribution in [0.15, 0.2) is 18.2 Å². The minimum absolute atomic E-state index is 0.153. The van der Waals surface area contributed by atoms with Gasteiger partial charge in [0.1, 0.15) is 5.75 Å². The molecule has 0 N–H and O–H groups in total. The van der Waals surface area contributed by atoms with Crippen molar-refractivity contribution in [3.8, 4) is 11.8 Å². The number of alkyl halides is 3. The van der Waals surface area contributed by atoms with E-state index < -0.39 is 11.7 Å². The molecule has 1 aliphatic heterocycles. The van der Waals surface area contributed by atoms with E-state index in [9.17, 15) is 13.2 Å². The Morgan fingerprint density at radius 3 is 2.60 bits per heavy atom. The maximum absolute atomic E-state index is 12.9. The van der Waals surface area contributed by atoms with Crippen LogP contribution in [0.3, 0.4) is 0 Å². The Bertz CT molecular complexity index is 502. The van der Waals surface area contributed by atoms with Crippen LogP contribution >= 0.6 is 0 Å².